The van der Waals surface area contributed by atoms with E-state index in [0.29, 0.717) is 17.2 Å². The van der Waals surface area contributed by atoms with E-state index in [0.717, 1.165) is 21.9 Å². The summed E-state index contributed by atoms with van der Waals surface area (Å²) in [4.78, 5) is 11.3. The summed E-state index contributed by atoms with van der Waals surface area (Å²) in [5.41, 5.74) is 2.73. The van der Waals surface area contributed by atoms with Crippen molar-refractivity contribution in [3.63, 3.8) is 0 Å². The summed E-state index contributed by atoms with van der Waals surface area (Å²) in [6.07, 6.45) is 0. The average molecular weight is 303 g/mol. The van der Waals surface area contributed by atoms with Crippen LogP contribution in [0.1, 0.15) is 48.2 Å². The molecule has 0 aliphatic carbocycles. The van der Waals surface area contributed by atoms with E-state index in [1.165, 1.54) is 0 Å². The zero-order valence-electron chi connectivity index (χ0n) is 12.7. The molecule has 21 heavy (non-hydrogen) atoms. The number of halogens is 1. The number of benzene rings is 2. The van der Waals surface area contributed by atoms with Gasteiger partial charge in [-0.2, -0.15) is 0 Å². The molecular formula is C18H19ClO2. The van der Waals surface area contributed by atoms with Gasteiger partial charge < -0.3 is 4.74 Å². The molecule has 0 radical (unpaired) electrons. The molecule has 0 saturated carbocycles. The zero-order chi connectivity index (χ0) is 15.6. The largest absolute Gasteiger partial charge is 0.457 e. The Hall–Kier alpha value is -1.80. The van der Waals surface area contributed by atoms with Gasteiger partial charge in [-0.1, -0.05) is 25.4 Å². The maximum absolute atomic E-state index is 11.3. The topological polar surface area (TPSA) is 26.3 Å². The van der Waals surface area contributed by atoms with Crippen LogP contribution < -0.4 is 4.74 Å². The number of ketones is 1. The van der Waals surface area contributed by atoms with E-state index >= 15 is 0 Å². The number of hydrogen-bond donors (Lipinski definition) is 0. The van der Waals surface area contributed by atoms with Crippen molar-refractivity contribution in [3.05, 3.63) is 58.1 Å². The highest BCUT2D eigenvalue weighted by Crippen LogP contribution is 2.33. The lowest BCUT2D eigenvalue weighted by atomic mass is 10.0. The van der Waals surface area contributed by atoms with E-state index in [1.54, 1.807) is 31.2 Å². The second-order valence-corrected chi connectivity index (χ2v) is 5.88. The SMILES string of the molecule is CC(=O)c1ccc(Oc2cc(C(C)C)c(Cl)cc2C)cc1. The first-order valence-corrected chi connectivity index (χ1v) is 7.35. The second-order valence-electron chi connectivity index (χ2n) is 5.48. The molecule has 2 nitrogen and oxygen atoms in total. The molecule has 0 fully saturated rings. The van der Waals surface area contributed by atoms with Gasteiger partial charge in [0.2, 0.25) is 0 Å². The number of Topliss-reactive ketones (excluding diaryl/α,β-unsaturated/α-hetero) is 1. The Labute approximate surface area is 130 Å². The summed E-state index contributed by atoms with van der Waals surface area (Å²) in [5.74, 6) is 1.88. The first-order chi connectivity index (χ1) is 9.88. The summed E-state index contributed by atoms with van der Waals surface area (Å²) in [6.45, 7) is 7.72. The molecule has 2 aromatic carbocycles. The smallest absolute Gasteiger partial charge is 0.159 e. The molecule has 0 N–H and O–H groups in total. The van der Waals surface area contributed by atoms with Gasteiger partial charge in [-0.15, -0.1) is 0 Å². The molecule has 2 aromatic rings. The molecular weight excluding hydrogens is 284 g/mol. The first kappa shape index (κ1) is 15.6. The van der Waals surface area contributed by atoms with Crippen LogP contribution in [0.3, 0.4) is 0 Å². The second kappa shape index (κ2) is 6.31. The summed E-state index contributed by atoms with van der Waals surface area (Å²) in [7, 11) is 0. The number of carbonyl (C=O) groups excluding carboxylic acids is 1. The summed E-state index contributed by atoms with van der Waals surface area (Å²) in [6, 6.07) is 11.1. The Morgan fingerprint density at radius 3 is 2.29 bits per heavy atom. The predicted octanol–water partition coefficient (Wildman–Crippen LogP) is 5.77. The minimum atomic E-state index is 0.0475. The molecule has 110 valence electrons. The normalized spacial score (nSPS) is 10.8. The van der Waals surface area contributed by atoms with E-state index in [2.05, 4.69) is 13.8 Å². The van der Waals surface area contributed by atoms with E-state index in [4.69, 9.17) is 16.3 Å². The Balaban J connectivity index is 2.30. The van der Waals surface area contributed by atoms with Crippen molar-refractivity contribution in [2.24, 2.45) is 0 Å². The predicted molar refractivity (Wildman–Crippen MR) is 86.8 cm³/mol. The highest BCUT2D eigenvalue weighted by molar-refractivity contribution is 6.31. The van der Waals surface area contributed by atoms with Crippen LogP contribution in [0.4, 0.5) is 0 Å². The van der Waals surface area contributed by atoms with E-state index in [-0.39, 0.29) is 5.78 Å². The van der Waals surface area contributed by atoms with Crippen LogP contribution in [-0.2, 0) is 0 Å². The lowest BCUT2D eigenvalue weighted by Gasteiger charge is -2.14. The van der Waals surface area contributed by atoms with Gasteiger partial charge in [-0.25, -0.2) is 0 Å². The fourth-order valence-corrected chi connectivity index (χ4v) is 2.54. The third-order valence-electron chi connectivity index (χ3n) is 3.40. The van der Waals surface area contributed by atoms with Gasteiger partial charge in [0.15, 0.2) is 5.78 Å². The number of aryl methyl sites for hydroxylation is 1. The summed E-state index contributed by atoms with van der Waals surface area (Å²) < 4.78 is 5.92. The highest BCUT2D eigenvalue weighted by atomic mass is 35.5. The number of carbonyl (C=O) groups is 1. The van der Waals surface area contributed by atoms with Gasteiger partial charge in [0.1, 0.15) is 11.5 Å². The molecule has 0 atom stereocenters. The molecule has 0 aliphatic heterocycles. The van der Waals surface area contributed by atoms with Crippen LogP contribution in [0.25, 0.3) is 0 Å². The van der Waals surface area contributed by atoms with Crippen molar-refractivity contribution in [2.45, 2.75) is 33.6 Å². The van der Waals surface area contributed by atoms with Crippen molar-refractivity contribution in [1.82, 2.24) is 0 Å². The Kier molecular flexibility index (Phi) is 4.69. The highest BCUT2D eigenvalue weighted by Gasteiger charge is 2.11. The van der Waals surface area contributed by atoms with Crippen LogP contribution in [0.2, 0.25) is 5.02 Å². The quantitative estimate of drug-likeness (QED) is 0.670. The molecule has 0 aromatic heterocycles. The van der Waals surface area contributed by atoms with Gasteiger partial charge in [0.25, 0.3) is 0 Å². The fourth-order valence-electron chi connectivity index (χ4n) is 2.11. The summed E-state index contributed by atoms with van der Waals surface area (Å²) >= 11 is 6.26. The molecule has 0 spiro atoms. The maximum Gasteiger partial charge on any atom is 0.159 e. The molecule has 3 heteroatoms. The molecule has 0 heterocycles. The van der Waals surface area contributed by atoms with E-state index < -0.39 is 0 Å². The monoisotopic (exact) mass is 302 g/mol. The average Bonchev–Trinajstić information content (AvgIpc) is 2.42. The molecule has 0 amide bonds. The standard InChI is InChI=1S/C18H19ClO2/c1-11(2)16-10-18(12(3)9-17(16)19)21-15-7-5-14(6-8-15)13(4)20/h5-11H,1-4H3. The summed E-state index contributed by atoms with van der Waals surface area (Å²) in [5, 5.41) is 0.766. The number of rotatable bonds is 4. The third-order valence-corrected chi connectivity index (χ3v) is 3.73. The van der Waals surface area contributed by atoms with E-state index in [1.807, 2.05) is 19.1 Å². The van der Waals surface area contributed by atoms with Crippen LogP contribution in [0, 0.1) is 6.92 Å². The van der Waals surface area contributed by atoms with Gasteiger partial charge in [-0.3, -0.25) is 4.79 Å². The van der Waals surface area contributed by atoms with Crippen molar-refractivity contribution < 1.29 is 9.53 Å². The lowest BCUT2D eigenvalue weighted by Crippen LogP contribution is -1.95. The van der Waals surface area contributed by atoms with Gasteiger partial charge in [-0.05, 0) is 67.3 Å². The van der Waals surface area contributed by atoms with Crippen LogP contribution >= 0.6 is 11.6 Å². The van der Waals surface area contributed by atoms with Crippen molar-refractivity contribution in [3.8, 4) is 11.5 Å². The van der Waals surface area contributed by atoms with Crippen molar-refractivity contribution in [1.29, 1.82) is 0 Å². The lowest BCUT2D eigenvalue weighted by molar-refractivity contribution is 0.101. The minimum absolute atomic E-state index is 0.0475. The van der Waals surface area contributed by atoms with Crippen molar-refractivity contribution >= 4 is 17.4 Å². The van der Waals surface area contributed by atoms with Crippen LogP contribution in [-0.4, -0.2) is 5.78 Å². The number of ether oxygens (including phenoxy) is 1. The Morgan fingerprint density at radius 2 is 1.76 bits per heavy atom. The van der Waals surface area contributed by atoms with E-state index in [9.17, 15) is 4.79 Å². The van der Waals surface area contributed by atoms with Crippen LogP contribution in [0.15, 0.2) is 36.4 Å². The molecule has 0 saturated heterocycles. The molecule has 0 unspecified atom stereocenters. The minimum Gasteiger partial charge on any atom is -0.457 e. The van der Waals surface area contributed by atoms with Crippen LogP contribution in [0.5, 0.6) is 11.5 Å². The Morgan fingerprint density at radius 1 is 1.14 bits per heavy atom. The number of hydrogen-bond acceptors (Lipinski definition) is 2. The molecule has 0 aliphatic rings. The van der Waals surface area contributed by atoms with Crippen molar-refractivity contribution in [2.75, 3.05) is 0 Å². The van der Waals surface area contributed by atoms with Gasteiger partial charge >= 0.3 is 0 Å². The third kappa shape index (κ3) is 3.64. The maximum atomic E-state index is 11.3. The van der Waals surface area contributed by atoms with Gasteiger partial charge in [0, 0.05) is 10.6 Å². The molecule has 0 bridgehead atoms. The fraction of sp³-hybridized carbons (Fsp3) is 0.278. The zero-order valence-corrected chi connectivity index (χ0v) is 13.5. The first-order valence-electron chi connectivity index (χ1n) is 6.97. The molecule has 2 rings (SSSR count). The van der Waals surface area contributed by atoms with Gasteiger partial charge in [0.05, 0.1) is 0 Å². The Bertz CT molecular complexity index is 658.